The number of ether oxygens (including phenoxy) is 1. The van der Waals surface area contributed by atoms with Crippen LogP contribution in [-0.4, -0.2) is 7.11 Å². The average Bonchev–Trinajstić information content (AvgIpc) is 2.41. The van der Waals surface area contributed by atoms with Crippen molar-refractivity contribution < 1.29 is 13.5 Å². The Morgan fingerprint density at radius 1 is 1.11 bits per heavy atom. The van der Waals surface area contributed by atoms with Crippen LogP contribution in [0.5, 0.6) is 5.75 Å². The molecule has 0 fully saturated rings. The molecule has 0 aromatic heterocycles. The molecule has 0 saturated heterocycles. The predicted molar refractivity (Wildman–Crippen MR) is 71.4 cm³/mol. The molecule has 0 aliphatic heterocycles. The molecular formula is C15H15F2NO. The van der Waals surface area contributed by atoms with E-state index in [0.29, 0.717) is 11.3 Å². The smallest absolute Gasteiger partial charge is 0.128 e. The molecular weight excluding hydrogens is 248 g/mol. The summed E-state index contributed by atoms with van der Waals surface area (Å²) in [6.07, 6.45) is 0. The zero-order valence-corrected chi connectivity index (χ0v) is 10.8. The zero-order chi connectivity index (χ0) is 13.8. The van der Waals surface area contributed by atoms with E-state index < -0.39 is 11.6 Å². The van der Waals surface area contributed by atoms with Crippen LogP contribution in [0.1, 0.15) is 18.5 Å². The van der Waals surface area contributed by atoms with Crippen LogP contribution < -0.4 is 10.1 Å². The van der Waals surface area contributed by atoms with Crippen molar-refractivity contribution in [2.75, 3.05) is 12.4 Å². The highest BCUT2D eigenvalue weighted by atomic mass is 19.1. The van der Waals surface area contributed by atoms with Gasteiger partial charge in [-0.25, -0.2) is 8.78 Å². The Bertz CT molecular complexity index is 572. The molecule has 100 valence electrons. The summed E-state index contributed by atoms with van der Waals surface area (Å²) in [5, 5.41) is 3.11. The van der Waals surface area contributed by atoms with E-state index in [1.165, 1.54) is 6.07 Å². The first-order valence-corrected chi connectivity index (χ1v) is 5.95. The first-order chi connectivity index (χ1) is 9.10. The highest BCUT2D eigenvalue weighted by molar-refractivity contribution is 5.49. The monoisotopic (exact) mass is 263 g/mol. The highest BCUT2D eigenvalue weighted by Gasteiger charge is 2.12. The van der Waals surface area contributed by atoms with Gasteiger partial charge in [-0.3, -0.25) is 0 Å². The van der Waals surface area contributed by atoms with E-state index in [2.05, 4.69) is 5.32 Å². The molecule has 0 bridgehead atoms. The van der Waals surface area contributed by atoms with Crippen molar-refractivity contribution in [1.82, 2.24) is 0 Å². The summed E-state index contributed by atoms with van der Waals surface area (Å²) in [6, 6.07) is 10.4. The van der Waals surface area contributed by atoms with Gasteiger partial charge in [-0.1, -0.05) is 6.07 Å². The van der Waals surface area contributed by atoms with Gasteiger partial charge in [-0.2, -0.15) is 0 Å². The summed E-state index contributed by atoms with van der Waals surface area (Å²) < 4.78 is 31.9. The molecule has 0 aliphatic carbocycles. The molecule has 0 radical (unpaired) electrons. The summed E-state index contributed by atoms with van der Waals surface area (Å²) >= 11 is 0. The van der Waals surface area contributed by atoms with Crippen molar-refractivity contribution >= 4 is 5.69 Å². The number of anilines is 1. The molecule has 0 aliphatic rings. The first kappa shape index (κ1) is 13.3. The van der Waals surface area contributed by atoms with Crippen LogP contribution in [-0.2, 0) is 0 Å². The molecule has 2 rings (SSSR count). The predicted octanol–water partition coefficient (Wildman–Crippen LogP) is 4.15. The molecule has 2 aromatic carbocycles. The summed E-state index contributed by atoms with van der Waals surface area (Å²) in [6.45, 7) is 1.78. The van der Waals surface area contributed by atoms with Crippen LogP contribution in [0, 0.1) is 11.6 Å². The fraction of sp³-hybridized carbons (Fsp3) is 0.200. The van der Waals surface area contributed by atoms with Gasteiger partial charge in [-0.05, 0) is 37.3 Å². The molecule has 1 unspecified atom stereocenters. The molecule has 0 heterocycles. The maximum absolute atomic E-state index is 13.6. The Balaban J connectivity index is 2.20. The molecule has 1 N–H and O–H groups in total. The summed E-state index contributed by atoms with van der Waals surface area (Å²) in [7, 11) is 1.58. The SMILES string of the molecule is COc1cccc(NC(C)c2cc(F)ccc2F)c1. The third-order valence-electron chi connectivity index (χ3n) is 2.88. The summed E-state index contributed by atoms with van der Waals surface area (Å²) in [5.41, 5.74) is 1.08. The van der Waals surface area contributed by atoms with Crippen LogP contribution >= 0.6 is 0 Å². The minimum absolute atomic E-state index is 0.294. The molecule has 1 atom stereocenters. The van der Waals surface area contributed by atoms with E-state index >= 15 is 0 Å². The molecule has 2 aromatic rings. The van der Waals surface area contributed by atoms with Gasteiger partial charge in [-0.15, -0.1) is 0 Å². The van der Waals surface area contributed by atoms with Crippen molar-refractivity contribution in [3.63, 3.8) is 0 Å². The second kappa shape index (κ2) is 5.69. The fourth-order valence-corrected chi connectivity index (χ4v) is 1.89. The minimum Gasteiger partial charge on any atom is -0.497 e. The largest absolute Gasteiger partial charge is 0.497 e. The summed E-state index contributed by atoms with van der Waals surface area (Å²) in [5.74, 6) is -0.170. The first-order valence-electron chi connectivity index (χ1n) is 5.95. The lowest BCUT2D eigenvalue weighted by Crippen LogP contribution is -2.09. The molecule has 4 heteroatoms. The minimum atomic E-state index is -0.448. The van der Waals surface area contributed by atoms with E-state index in [0.717, 1.165) is 17.8 Å². The van der Waals surface area contributed by atoms with Gasteiger partial charge in [0.05, 0.1) is 13.2 Å². The van der Waals surface area contributed by atoms with Crippen LogP contribution in [0.25, 0.3) is 0 Å². The Morgan fingerprint density at radius 3 is 2.63 bits per heavy atom. The highest BCUT2D eigenvalue weighted by Crippen LogP contribution is 2.24. The van der Waals surface area contributed by atoms with Crippen LogP contribution in [0.2, 0.25) is 0 Å². The maximum Gasteiger partial charge on any atom is 0.128 e. The number of benzene rings is 2. The third kappa shape index (κ3) is 3.22. The van der Waals surface area contributed by atoms with Crippen molar-refractivity contribution in [2.45, 2.75) is 13.0 Å². The lowest BCUT2D eigenvalue weighted by Gasteiger charge is -2.17. The van der Waals surface area contributed by atoms with Gasteiger partial charge in [0.25, 0.3) is 0 Å². The normalized spacial score (nSPS) is 12.0. The molecule has 0 amide bonds. The quantitative estimate of drug-likeness (QED) is 0.894. The van der Waals surface area contributed by atoms with E-state index in [-0.39, 0.29) is 6.04 Å². The Kier molecular flexibility index (Phi) is 4.00. The number of methoxy groups -OCH3 is 1. The van der Waals surface area contributed by atoms with Gasteiger partial charge >= 0.3 is 0 Å². The van der Waals surface area contributed by atoms with Crippen molar-refractivity contribution in [3.8, 4) is 5.75 Å². The molecule has 0 saturated carbocycles. The Hall–Kier alpha value is -2.10. The van der Waals surface area contributed by atoms with Gasteiger partial charge in [0.2, 0.25) is 0 Å². The van der Waals surface area contributed by atoms with E-state index in [4.69, 9.17) is 4.74 Å². The molecule has 0 spiro atoms. The number of nitrogens with one attached hydrogen (secondary N) is 1. The standard InChI is InChI=1S/C15H15F2NO/c1-10(14-8-11(16)6-7-15(14)17)18-12-4-3-5-13(9-12)19-2/h3-10,18H,1-2H3. The Labute approximate surface area is 111 Å². The zero-order valence-electron chi connectivity index (χ0n) is 10.8. The van der Waals surface area contributed by atoms with Crippen molar-refractivity contribution in [2.24, 2.45) is 0 Å². The lowest BCUT2D eigenvalue weighted by atomic mass is 10.1. The number of halogens is 2. The van der Waals surface area contributed by atoms with Gasteiger partial charge in [0, 0.05) is 17.3 Å². The van der Waals surface area contributed by atoms with Crippen LogP contribution in [0.3, 0.4) is 0 Å². The topological polar surface area (TPSA) is 21.3 Å². The molecule has 19 heavy (non-hydrogen) atoms. The number of rotatable bonds is 4. The summed E-state index contributed by atoms with van der Waals surface area (Å²) in [4.78, 5) is 0. The second-order valence-electron chi connectivity index (χ2n) is 4.26. The second-order valence-corrected chi connectivity index (χ2v) is 4.26. The third-order valence-corrected chi connectivity index (χ3v) is 2.88. The average molecular weight is 263 g/mol. The number of hydrogen-bond acceptors (Lipinski definition) is 2. The van der Waals surface area contributed by atoms with Gasteiger partial charge < -0.3 is 10.1 Å². The lowest BCUT2D eigenvalue weighted by molar-refractivity contribution is 0.415. The van der Waals surface area contributed by atoms with E-state index in [1.807, 2.05) is 18.2 Å². The molecule has 2 nitrogen and oxygen atoms in total. The van der Waals surface area contributed by atoms with E-state index in [1.54, 1.807) is 20.1 Å². The van der Waals surface area contributed by atoms with E-state index in [9.17, 15) is 8.78 Å². The number of hydrogen-bond donors (Lipinski definition) is 1. The van der Waals surface area contributed by atoms with Crippen molar-refractivity contribution in [1.29, 1.82) is 0 Å². The van der Waals surface area contributed by atoms with Gasteiger partial charge in [0.1, 0.15) is 17.4 Å². The Morgan fingerprint density at radius 2 is 1.89 bits per heavy atom. The van der Waals surface area contributed by atoms with Crippen LogP contribution in [0.15, 0.2) is 42.5 Å². The van der Waals surface area contributed by atoms with Crippen LogP contribution in [0.4, 0.5) is 14.5 Å². The maximum atomic E-state index is 13.6. The van der Waals surface area contributed by atoms with Crippen molar-refractivity contribution in [3.05, 3.63) is 59.7 Å². The fourth-order valence-electron chi connectivity index (χ4n) is 1.89. The van der Waals surface area contributed by atoms with Gasteiger partial charge in [0.15, 0.2) is 0 Å².